The van der Waals surface area contributed by atoms with Crippen LogP contribution in [0.15, 0.2) is 0 Å². The zero-order chi connectivity index (χ0) is 15.5. The second-order valence-electron chi connectivity index (χ2n) is 5.42. The lowest BCUT2D eigenvalue weighted by atomic mass is 10.2. The van der Waals surface area contributed by atoms with Gasteiger partial charge in [-0.2, -0.15) is 13.2 Å². The molecule has 5 nitrogen and oxygen atoms in total. The Balaban J connectivity index is 2.80. The molecule has 0 aromatic heterocycles. The molecular weight excluding hydrogens is 277 g/mol. The molecule has 0 heterocycles. The standard InChI is InChI=1S/C12H19F3N2O3/c1-8(2)5-16(6-10(18)19)11(20)17(9-3-4-9)7-12(13,14)15/h8-9H,3-7H2,1-2H3,(H,18,19). The van der Waals surface area contributed by atoms with Gasteiger partial charge in [0.05, 0.1) is 0 Å². The summed E-state index contributed by atoms with van der Waals surface area (Å²) in [5.41, 5.74) is 0. The summed E-state index contributed by atoms with van der Waals surface area (Å²) in [5, 5.41) is 8.78. The molecule has 20 heavy (non-hydrogen) atoms. The molecule has 116 valence electrons. The van der Waals surface area contributed by atoms with E-state index in [4.69, 9.17) is 5.11 Å². The Morgan fingerprint density at radius 3 is 2.20 bits per heavy atom. The van der Waals surface area contributed by atoms with Crippen molar-refractivity contribution >= 4 is 12.0 Å². The van der Waals surface area contributed by atoms with Crippen LogP contribution in [-0.4, -0.2) is 58.8 Å². The normalized spacial score (nSPS) is 15.3. The van der Waals surface area contributed by atoms with Crippen LogP contribution in [0.1, 0.15) is 26.7 Å². The lowest BCUT2D eigenvalue weighted by Gasteiger charge is -2.31. The summed E-state index contributed by atoms with van der Waals surface area (Å²) in [6.07, 6.45) is -3.42. The number of nitrogens with zero attached hydrogens (tertiary/aromatic N) is 2. The molecule has 1 rings (SSSR count). The average Bonchev–Trinajstić information content (AvgIpc) is 3.05. The number of urea groups is 1. The molecule has 8 heteroatoms. The number of carboxylic acid groups (broad SMARTS) is 1. The minimum absolute atomic E-state index is 0.0229. The van der Waals surface area contributed by atoms with Crippen molar-refractivity contribution in [3.8, 4) is 0 Å². The van der Waals surface area contributed by atoms with E-state index in [0.717, 1.165) is 9.80 Å². The van der Waals surface area contributed by atoms with E-state index in [9.17, 15) is 22.8 Å². The highest BCUT2D eigenvalue weighted by Gasteiger charge is 2.42. The van der Waals surface area contributed by atoms with Gasteiger partial charge >= 0.3 is 18.2 Å². The molecule has 0 radical (unpaired) electrons. The maximum Gasteiger partial charge on any atom is 0.406 e. The van der Waals surface area contributed by atoms with Gasteiger partial charge in [-0.3, -0.25) is 4.79 Å². The number of carboxylic acids is 1. The third-order valence-corrected chi connectivity index (χ3v) is 2.77. The van der Waals surface area contributed by atoms with Gasteiger partial charge in [0.1, 0.15) is 13.1 Å². The first-order valence-corrected chi connectivity index (χ1v) is 6.44. The summed E-state index contributed by atoms with van der Waals surface area (Å²) < 4.78 is 37.5. The van der Waals surface area contributed by atoms with Gasteiger partial charge in [0.2, 0.25) is 0 Å². The maximum atomic E-state index is 12.5. The molecule has 2 amide bonds. The Bertz CT molecular complexity index is 367. The van der Waals surface area contributed by atoms with Crippen molar-refractivity contribution in [2.24, 2.45) is 5.92 Å². The molecule has 1 fully saturated rings. The van der Waals surface area contributed by atoms with Crippen LogP contribution < -0.4 is 0 Å². The fourth-order valence-corrected chi connectivity index (χ4v) is 1.93. The van der Waals surface area contributed by atoms with Crippen molar-refractivity contribution in [1.82, 2.24) is 9.80 Å². The lowest BCUT2D eigenvalue weighted by Crippen LogP contribution is -2.50. The van der Waals surface area contributed by atoms with E-state index in [-0.39, 0.29) is 12.5 Å². The predicted molar refractivity (Wildman–Crippen MR) is 65.2 cm³/mol. The fraction of sp³-hybridized carbons (Fsp3) is 0.833. The van der Waals surface area contributed by atoms with Gasteiger partial charge in [0.15, 0.2) is 0 Å². The quantitative estimate of drug-likeness (QED) is 0.817. The average molecular weight is 296 g/mol. The van der Waals surface area contributed by atoms with E-state index < -0.39 is 37.3 Å². The lowest BCUT2D eigenvalue weighted by molar-refractivity contribution is -0.143. The second kappa shape index (κ2) is 6.32. The number of hydrogen-bond donors (Lipinski definition) is 1. The number of carbonyl (C=O) groups excluding carboxylic acids is 1. The van der Waals surface area contributed by atoms with Gasteiger partial charge < -0.3 is 14.9 Å². The number of hydrogen-bond acceptors (Lipinski definition) is 2. The fourth-order valence-electron chi connectivity index (χ4n) is 1.93. The Morgan fingerprint density at radius 2 is 1.85 bits per heavy atom. The van der Waals surface area contributed by atoms with Crippen molar-refractivity contribution in [3.63, 3.8) is 0 Å². The van der Waals surface area contributed by atoms with E-state index >= 15 is 0 Å². The summed E-state index contributed by atoms with van der Waals surface area (Å²) >= 11 is 0. The molecule has 0 aliphatic heterocycles. The maximum absolute atomic E-state index is 12.5. The van der Waals surface area contributed by atoms with Crippen molar-refractivity contribution < 1.29 is 27.9 Å². The van der Waals surface area contributed by atoms with Crippen LogP contribution in [0, 0.1) is 5.92 Å². The predicted octanol–water partition coefficient (Wildman–Crippen LogP) is 2.18. The van der Waals surface area contributed by atoms with Gasteiger partial charge in [-0.05, 0) is 18.8 Å². The van der Waals surface area contributed by atoms with Crippen molar-refractivity contribution in [1.29, 1.82) is 0 Å². The van der Waals surface area contributed by atoms with Crippen LogP contribution in [0.3, 0.4) is 0 Å². The van der Waals surface area contributed by atoms with Crippen LogP contribution in [0.2, 0.25) is 0 Å². The van der Waals surface area contributed by atoms with Crippen molar-refractivity contribution in [3.05, 3.63) is 0 Å². The number of halogens is 3. The summed E-state index contributed by atoms with van der Waals surface area (Å²) in [6, 6.07) is -1.27. The van der Waals surface area contributed by atoms with Crippen LogP contribution in [0.4, 0.5) is 18.0 Å². The summed E-state index contributed by atoms with van der Waals surface area (Å²) in [7, 11) is 0. The molecule has 0 saturated heterocycles. The van der Waals surface area contributed by atoms with Gasteiger partial charge in [-0.15, -0.1) is 0 Å². The molecule has 1 N–H and O–H groups in total. The number of alkyl halides is 3. The first kappa shape index (κ1) is 16.6. The van der Waals surface area contributed by atoms with Gasteiger partial charge in [0.25, 0.3) is 0 Å². The second-order valence-corrected chi connectivity index (χ2v) is 5.42. The van der Waals surface area contributed by atoms with E-state index in [1.165, 1.54) is 0 Å². The van der Waals surface area contributed by atoms with E-state index in [0.29, 0.717) is 12.8 Å². The zero-order valence-corrected chi connectivity index (χ0v) is 11.5. The first-order chi connectivity index (χ1) is 9.10. The van der Waals surface area contributed by atoms with E-state index in [1.807, 2.05) is 0 Å². The minimum atomic E-state index is -4.48. The number of aliphatic carboxylic acids is 1. The SMILES string of the molecule is CC(C)CN(CC(=O)O)C(=O)N(CC(F)(F)F)C1CC1. The number of carbonyl (C=O) groups is 2. The van der Waals surface area contributed by atoms with Crippen molar-refractivity contribution in [2.45, 2.75) is 38.9 Å². The molecular formula is C12H19F3N2O3. The highest BCUT2D eigenvalue weighted by molar-refractivity contribution is 5.80. The molecule has 0 aromatic carbocycles. The Kier molecular flexibility index (Phi) is 5.24. The molecule has 0 aromatic rings. The Hall–Kier alpha value is -1.47. The summed E-state index contributed by atoms with van der Waals surface area (Å²) in [5.74, 6) is -1.26. The van der Waals surface area contributed by atoms with Crippen molar-refractivity contribution in [2.75, 3.05) is 19.6 Å². The Labute approximate surface area is 115 Å². The highest BCUT2D eigenvalue weighted by atomic mass is 19.4. The molecule has 0 unspecified atom stereocenters. The third-order valence-electron chi connectivity index (χ3n) is 2.77. The third kappa shape index (κ3) is 5.66. The van der Waals surface area contributed by atoms with Crippen LogP contribution in [0.5, 0.6) is 0 Å². The van der Waals surface area contributed by atoms with Gasteiger partial charge in [-0.25, -0.2) is 4.79 Å². The molecule has 1 saturated carbocycles. The number of rotatable bonds is 6. The molecule has 1 aliphatic rings. The van der Waals surface area contributed by atoms with Gasteiger partial charge in [-0.1, -0.05) is 13.8 Å². The molecule has 0 bridgehead atoms. The van der Waals surface area contributed by atoms with E-state index in [1.54, 1.807) is 13.8 Å². The topological polar surface area (TPSA) is 60.9 Å². The molecule has 1 aliphatic carbocycles. The minimum Gasteiger partial charge on any atom is -0.480 e. The highest BCUT2D eigenvalue weighted by Crippen LogP contribution is 2.31. The molecule has 0 atom stereocenters. The van der Waals surface area contributed by atoms with E-state index in [2.05, 4.69) is 0 Å². The monoisotopic (exact) mass is 296 g/mol. The smallest absolute Gasteiger partial charge is 0.406 e. The number of amides is 2. The largest absolute Gasteiger partial charge is 0.480 e. The molecule has 0 spiro atoms. The Morgan fingerprint density at radius 1 is 1.30 bits per heavy atom. The summed E-state index contributed by atoms with van der Waals surface area (Å²) in [4.78, 5) is 24.6. The van der Waals surface area contributed by atoms with Crippen LogP contribution in [0.25, 0.3) is 0 Å². The first-order valence-electron chi connectivity index (χ1n) is 6.44. The summed E-state index contributed by atoms with van der Waals surface area (Å²) in [6.45, 7) is 1.75. The van der Waals surface area contributed by atoms with Gasteiger partial charge in [0, 0.05) is 12.6 Å². The van der Waals surface area contributed by atoms with Crippen LogP contribution in [-0.2, 0) is 4.79 Å². The van der Waals surface area contributed by atoms with Crippen LogP contribution >= 0.6 is 0 Å². The zero-order valence-electron chi connectivity index (χ0n) is 11.5.